The highest BCUT2D eigenvalue weighted by Crippen LogP contribution is 2.28. The molecule has 0 bridgehead atoms. The van der Waals surface area contributed by atoms with Crippen LogP contribution in [0.5, 0.6) is 11.5 Å². The van der Waals surface area contributed by atoms with Gasteiger partial charge < -0.3 is 30.2 Å². The van der Waals surface area contributed by atoms with Gasteiger partial charge in [-0.1, -0.05) is 12.1 Å². The number of esters is 1. The number of hydrogen-bond acceptors (Lipinski definition) is 6. The molecule has 0 saturated carbocycles. The van der Waals surface area contributed by atoms with E-state index in [1.165, 1.54) is 19.2 Å². The van der Waals surface area contributed by atoms with Crippen LogP contribution < -0.4 is 20.5 Å². The fraction of sp³-hybridized carbons (Fsp3) is 0.286. The van der Waals surface area contributed by atoms with E-state index in [4.69, 9.17) is 19.9 Å². The molecule has 0 aliphatic rings. The lowest BCUT2D eigenvalue weighted by Gasteiger charge is -2.21. The Hall–Kier alpha value is -3.75. The molecular formula is C21H25N3O6. The Bertz CT molecular complexity index is 915. The number of nitrogens with two attached hydrogens (primary N) is 1. The number of likely N-dealkylation sites (N-methyl/N-ethyl adjacent to an activating group) is 1. The quantitative estimate of drug-likeness (QED) is 0.607. The molecule has 30 heavy (non-hydrogen) atoms. The summed E-state index contributed by atoms with van der Waals surface area (Å²) in [5, 5.41) is 2.37. The largest absolute Gasteiger partial charge is 0.493 e. The molecule has 0 atom stereocenters. The predicted octanol–water partition coefficient (Wildman–Crippen LogP) is 2.40. The van der Waals surface area contributed by atoms with Gasteiger partial charge in [-0.25, -0.2) is 9.59 Å². The molecule has 2 aromatic carbocycles. The standard InChI is InChI=1S/C21H25N3O6/c1-4-24(12-14-8-9-17(28-2)18(10-14)29-3)19(25)13-30-20(26)15-6-5-7-16(11-15)23-21(22)27/h5-11H,4,12-13H2,1-3H3,(H3,22,23,27). The number of carbonyl (C=O) groups excluding carboxylic acids is 3. The van der Waals surface area contributed by atoms with E-state index in [-0.39, 0.29) is 11.5 Å². The molecule has 0 aliphatic carbocycles. The molecule has 0 fully saturated rings. The fourth-order valence-electron chi connectivity index (χ4n) is 2.74. The first-order valence-electron chi connectivity index (χ1n) is 9.20. The Morgan fingerprint density at radius 3 is 2.40 bits per heavy atom. The van der Waals surface area contributed by atoms with E-state index in [1.54, 1.807) is 36.3 Å². The van der Waals surface area contributed by atoms with Crippen LogP contribution in [0.2, 0.25) is 0 Å². The molecule has 3 N–H and O–H groups in total. The van der Waals surface area contributed by atoms with Crippen molar-refractivity contribution in [2.45, 2.75) is 13.5 Å². The summed E-state index contributed by atoms with van der Waals surface area (Å²) in [5.41, 5.74) is 6.46. The summed E-state index contributed by atoms with van der Waals surface area (Å²) in [6, 6.07) is 10.7. The molecule has 0 aliphatic heterocycles. The highest BCUT2D eigenvalue weighted by molar-refractivity contribution is 5.94. The third-order valence-corrected chi connectivity index (χ3v) is 4.25. The van der Waals surface area contributed by atoms with Crippen LogP contribution in [0, 0.1) is 0 Å². The van der Waals surface area contributed by atoms with Crippen LogP contribution in [0.25, 0.3) is 0 Å². The molecule has 0 unspecified atom stereocenters. The molecule has 0 radical (unpaired) electrons. The smallest absolute Gasteiger partial charge is 0.338 e. The van der Waals surface area contributed by atoms with Gasteiger partial charge in [-0.2, -0.15) is 0 Å². The molecule has 9 nitrogen and oxygen atoms in total. The number of benzene rings is 2. The number of amides is 3. The maximum atomic E-state index is 12.5. The highest BCUT2D eigenvalue weighted by atomic mass is 16.5. The summed E-state index contributed by atoms with van der Waals surface area (Å²) in [5.74, 6) is 0.137. The number of nitrogens with one attached hydrogen (secondary N) is 1. The molecule has 0 spiro atoms. The first-order chi connectivity index (χ1) is 14.4. The summed E-state index contributed by atoms with van der Waals surface area (Å²) in [4.78, 5) is 37.3. The van der Waals surface area contributed by atoms with Crippen molar-refractivity contribution < 1.29 is 28.6 Å². The third-order valence-electron chi connectivity index (χ3n) is 4.25. The predicted molar refractivity (Wildman–Crippen MR) is 111 cm³/mol. The van der Waals surface area contributed by atoms with E-state index >= 15 is 0 Å². The van der Waals surface area contributed by atoms with Gasteiger partial charge in [0.15, 0.2) is 18.1 Å². The Morgan fingerprint density at radius 2 is 1.77 bits per heavy atom. The highest BCUT2D eigenvalue weighted by Gasteiger charge is 2.17. The number of methoxy groups -OCH3 is 2. The van der Waals surface area contributed by atoms with Crippen LogP contribution in [0.3, 0.4) is 0 Å². The first-order valence-corrected chi connectivity index (χ1v) is 9.20. The third kappa shape index (κ3) is 6.13. The van der Waals surface area contributed by atoms with E-state index in [9.17, 15) is 14.4 Å². The first kappa shape index (κ1) is 22.5. The Morgan fingerprint density at radius 1 is 1.03 bits per heavy atom. The number of anilines is 1. The van der Waals surface area contributed by atoms with Gasteiger partial charge in [0.05, 0.1) is 19.8 Å². The minimum absolute atomic E-state index is 0.192. The SMILES string of the molecule is CCN(Cc1ccc(OC)c(OC)c1)C(=O)COC(=O)c1cccc(NC(N)=O)c1. The van der Waals surface area contributed by atoms with Crippen molar-refractivity contribution in [3.63, 3.8) is 0 Å². The van der Waals surface area contributed by atoms with Gasteiger partial charge in [0, 0.05) is 18.8 Å². The summed E-state index contributed by atoms with van der Waals surface area (Å²) in [6.45, 7) is 2.18. The van der Waals surface area contributed by atoms with Crippen molar-refractivity contribution in [3.05, 3.63) is 53.6 Å². The lowest BCUT2D eigenvalue weighted by molar-refractivity contribution is -0.134. The fourth-order valence-corrected chi connectivity index (χ4v) is 2.74. The van der Waals surface area contributed by atoms with Crippen molar-refractivity contribution in [3.8, 4) is 11.5 Å². The number of ether oxygens (including phenoxy) is 3. The van der Waals surface area contributed by atoms with Crippen LogP contribution in [-0.4, -0.2) is 50.2 Å². The van der Waals surface area contributed by atoms with Gasteiger partial charge in [-0.15, -0.1) is 0 Å². The van der Waals surface area contributed by atoms with Gasteiger partial charge in [-0.3, -0.25) is 4.79 Å². The van der Waals surface area contributed by atoms with Crippen LogP contribution in [-0.2, 0) is 16.1 Å². The van der Waals surface area contributed by atoms with E-state index in [1.807, 2.05) is 13.0 Å². The van der Waals surface area contributed by atoms with E-state index in [2.05, 4.69) is 5.32 Å². The summed E-state index contributed by atoms with van der Waals surface area (Å²) >= 11 is 0. The minimum Gasteiger partial charge on any atom is -0.493 e. The zero-order chi connectivity index (χ0) is 22.1. The maximum absolute atomic E-state index is 12.5. The van der Waals surface area contributed by atoms with Crippen LogP contribution >= 0.6 is 0 Å². The number of carbonyl (C=O) groups is 3. The maximum Gasteiger partial charge on any atom is 0.338 e. The van der Waals surface area contributed by atoms with Crippen molar-refractivity contribution in [2.75, 3.05) is 32.7 Å². The Labute approximate surface area is 174 Å². The van der Waals surface area contributed by atoms with Crippen LogP contribution in [0.1, 0.15) is 22.8 Å². The summed E-state index contributed by atoms with van der Waals surface area (Å²) in [7, 11) is 3.09. The lowest BCUT2D eigenvalue weighted by Crippen LogP contribution is -2.34. The van der Waals surface area contributed by atoms with Crippen molar-refractivity contribution in [1.82, 2.24) is 4.90 Å². The molecular weight excluding hydrogens is 390 g/mol. The number of nitrogens with zero attached hydrogens (tertiary/aromatic N) is 1. The summed E-state index contributed by atoms with van der Waals surface area (Å²) < 4.78 is 15.6. The molecule has 2 aromatic rings. The topological polar surface area (TPSA) is 120 Å². The van der Waals surface area contributed by atoms with Crippen LogP contribution in [0.15, 0.2) is 42.5 Å². The molecule has 160 valence electrons. The molecule has 9 heteroatoms. The number of rotatable bonds is 9. The molecule has 0 aromatic heterocycles. The molecule has 0 heterocycles. The van der Waals surface area contributed by atoms with Crippen molar-refractivity contribution in [2.24, 2.45) is 5.73 Å². The zero-order valence-corrected chi connectivity index (χ0v) is 17.1. The second-order valence-corrected chi connectivity index (χ2v) is 6.24. The van der Waals surface area contributed by atoms with Crippen molar-refractivity contribution >= 4 is 23.6 Å². The van der Waals surface area contributed by atoms with Gasteiger partial charge in [0.1, 0.15) is 0 Å². The van der Waals surface area contributed by atoms with Gasteiger partial charge in [-0.05, 0) is 42.8 Å². The molecule has 3 amide bonds. The van der Waals surface area contributed by atoms with E-state index in [0.29, 0.717) is 30.3 Å². The number of primary amides is 1. The number of urea groups is 1. The van der Waals surface area contributed by atoms with Gasteiger partial charge >= 0.3 is 12.0 Å². The molecule has 2 rings (SSSR count). The normalized spacial score (nSPS) is 10.1. The van der Waals surface area contributed by atoms with Gasteiger partial charge in [0.2, 0.25) is 0 Å². The molecule has 0 saturated heterocycles. The van der Waals surface area contributed by atoms with Crippen molar-refractivity contribution in [1.29, 1.82) is 0 Å². The monoisotopic (exact) mass is 415 g/mol. The minimum atomic E-state index is -0.746. The average molecular weight is 415 g/mol. The van der Waals surface area contributed by atoms with E-state index < -0.39 is 18.6 Å². The second-order valence-electron chi connectivity index (χ2n) is 6.24. The Balaban J connectivity index is 1.98. The van der Waals surface area contributed by atoms with Gasteiger partial charge in [0.25, 0.3) is 5.91 Å². The Kier molecular flexibility index (Phi) is 8.04. The average Bonchev–Trinajstić information content (AvgIpc) is 2.75. The van der Waals surface area contributed by atoms with E-state index in [0.717, 1.165) is 5.56 Å². The van der Waals surface area contributed by atoms with Crippen LogP contribution in [0.4, 0.5) is 10.5 Å². The number of hydrogen-bond donors (Lipinski definition) is 2. The second kappa shape index (κ2) is 10.7. The summed E-state index contributed by atoms with van der Waals surface area (Å²) in [6.07, 6.45) is 0. The lowest BCUT2D eigenvalue weighted by atomic mass is 10.2. The zero-order valence-electron chi connectivity index (χ0n) is 17.1.